The average molecular weight is 330 g/mol. The smallest absolute Gasteiger partial charge is 0.145 e. The van der Waals surface area contributed by atoms with E-state index in [2.05, 4.69) is 15.9 Å². The summed E-state index contributed by atoms with van der Waals surface area (Å²) in [5.41, 5.74) is 5.73. The Morgan fingerprint density at radius 2 is 2.17 bits per heavy atom. The highest BCUT2D eigenvalue weighted by atomic mass is 79.9. The van der Waals surface area contributed by atoms with E-state index in [1.807, 2.05) is 19.1 Å². The van der Waals surface area contributed by atoms with Crippen molar-refractivity contribution in [2.75, 3.05) is 6.54 Å². The minimum Gasteiger partial charge on any atom is -0.482 e. The summed E-state index contributed by atoms with van der Waals surface area (Å²) in [6.45, 7) is 2.42. The normalized spacial score (nSPS) is 12.4. The molecule has 0 aliphatic heterocycles. The molecule has 5 heteroatoms. The van der Waals surface area contributed by atoms with E-state index in [1.54, 1.807) is 17.4 Å². The summed E-state index contributed by atoms with van der Waals surface area (Å²) in [5, 5.41) is 0. The molecule has 0 bridgehead atoms. The molecule has 1 unspecified atom stereocenters. The van der Waals surface area contributed by atoms with Gasteiger partial charge in [0.1, 0.15) is 17.7 Å². The van der Waals surface area contributed by atoms with Gasteiger partial charge in [0.2, 0.25) is 0 Å². The van der Waals surface area contributed by atoms with Gasteiger partial charge in [-0.1, -0.05) is 0 Å². The highest BCUT2D eigenvalue weighted by Gasteiger charge is 2.15. The molecule has 0 saturated heterocycles. The molecule has 0 amide bonds. The van der Waals surface area contributed by atoms with Crippen LogP contribution in [-0.4, -0.2) is 6.54 Å². The van der Waals surface area contributed by atoms with Crippen LogP contribution in [0.25, 0.3) is 0 Å². The van der Waals surface area contributed by atoms with E-state index in [0.717, 1.165) is 4.88 Å². The van der Waals surface area contributed by atoms with Crippen LogP contribution in [0.2, 0.25) is 0 Å². The highest BCUT2D eigenvalue weighted by molar-refractivity contribution is 9.10. The quantitative estimate of drug-likeness (QED) is 0.918. The first-order chi connectivity index (χ1) is 8.60. The first kappa shape index (κ1) is 13.5. The van der Waals surface area contributed by atoms with Crippen LogP contribution in [0.5, 0.6) is 5.75 Å². The molecule has 0 aliphatic rings. The maximum absolute atomic E-state index is 13.0. The van der Waals surface area contributed by atoms with Gasteiger partial charge in [-0.3, -0.25) is 0 Å². The van der Waals surface area contributed by atoms with E-state index in [-0.39, 0.29) is 11.9 Å². The predicted octanol–water partition coefficient (Wildman–Crippen LogP) is 4.04. The maximum atomic E-state index is 13.0. The van der Waals surface area contributed by atoms with Crippen LogP contribution in [-0.2, 0) is 0 Å². The fourth-order valence-electron chi connectivity index (χ4n) is 1.57. The molecule has 1 aromatic carbocycles. The van der Waals surface area contributed by atoms with Crippen LogP contribution in [0.1, 0.15) is 15.9 Å². The van der Waals surface area contributed by atoms with Gasteiger partial charge in [-0.05, 0) is 53.2 Å². The lowest BCUT2D eigenvalue weighted by Gasteiger charge is -2.17. The van der Waals surface area contributed by atoms with E-state index in [1.165, 1.54) is 17.0 Å². The second-order valence-electron chi connectivity index (χ2n) is 3.87. The maximum Gasteiger partial charge on any atom is 0.145 e. The van der Waals surface area contributed by atoms with Crippen molar-refractivity contribution in [1.29, 1.82) is 0 Å². The molecule has 96 valence electrons. The molecule has 0 aliphatic carbocycles. The second-order valence-corrected chi connectivity index (χ2v) is 6.04. The van der Waals surface area contributed by atoms with Gasteiger partial charge < -0.3 is 10.5 Å². The number of nitrogens with two attached hydrogens (primary N) is 1. The Hall–Kier alpha value is -0.910. The molecule has 0 saturated carbocycles. The molecule has 1 heterocycles. The Morgan fingerprint density at radius 3 is 2.72 bits per heavy atom. The molecule has 2 N–H and O–H groups in total. The minimum atomic E-state index is -0.300. The Balaban J connectivity index is 2.20. The van der Waals surface area contributed by atoms with Crippen LogP contribution in [0, 0.1) is 12.7 Å². The van der Waals surface area contributed by atoms with Crippen molar-refractivity contribution in [3.8, 4) is 5.75 Å². The van der Waals surface area contributed by atoms with Crippen LogP contribution >= 0.6 is 27.3 Å². The third-order valence-electron chi connectivity index (χ3n) is 2.46. The summed E-state index contributed by atoms with van der Waals surface area (Å²) in [6, 6.07) is 8.39. The third kappa shape index (κ3) is 3.10. The Kier molecular flexibility index (Phi) is 4.37. The largest absolute Gasteiger partial charge is 0.482 e. The van der Waals surface area contributed by atoms with Gasteiger partial charge in [0.25, 0.3) is 0 Å². The van der Waals surface area contributed by atoms with Crippen molar-refractivity contribution >= 4 is 27.3 Å². The standard InChI is InChI=1S/C13H13BrFNOS/c1-8-2-5-13(18-8)12(7-16)17-11-4-3-9(15)6-10(11)14/h2-6,12H,7,16H2,1H3. The van der Waals surface area contributed by atoms with Gasteiger partial charge in [0, 0.05) is 16.3 Å². The van der Waals surface area contributed by atoms with E-state index in [4.69, 9.17) is 10.5 Å². The summed E-state index contributed by atoms with van der Waals surface area (Å²) >= 11 is 4.93. The zero-order chi connectivity index (χ0) is 13.1. The molecule has 1 atom stereocenters. The van der Waals surface area contributed by atoms with Crippen LogP contribution in [0.3, 0.4) is 0 Å². The molecule has 2 rings (SSSR count). The number of ether oxygens (including phenoxy) is 1. The lowest BCUT2D eigenvalue weighted by Crippen LogP contribution is -2.17. The lowest BCUT2D eigenvalue weighted by atomic mass is 10.2. The molecule has 2 nitrogen and oxygen atoms in total. The molecular weight excluding hydrogens is 317 g/mol. The summed E-state index contributed by atoms with van der Waals surface area (Å²) < 4.78 is 19.4. The van der Waals surface area contributed by atoms with Gasteiger partial charge in [0.15, 0.2) is 0 Å². The summed E-state index contributed by atoms with van der Waals surface area (Å²) in [5.74, 6) is 0.295. The first-order valence-corrected chi connectivity index (χ1v) is 7.09. The summed E-state index contributed by atoms with van der Waals surface area (Å²) in [6.07, 6.45) is -0.203. The number of thiophene rings is 1. The Bertz CT molecular complexity index is 544. The van der Waals surface area contributed by atoms with E-state index in [9.17, 15) is 4.39 Å². The van der Waals surface area contributed by atoms with Crippen molar-refractivity contribution < 1.29 is 9.13 Å². The molecule has 0 radical (unpaired) electrons. The molecular formula is C13H13BrFNOS. The van der Waals surface area contributed by atoms with Crippen molar-refractivity contribution in [3.05, 3.63) is 50.4 Å². The molecule has 0 spiro atoms. The van der Waals surface area contributed by atoms with Crippen LogP contribution < -0.4 is 10.5 Å². The highest BCUT2D eigenvalue weighted by Crippen LogP contribution is 2.31. The van der Waals surface area contributed by atoms with Crippen LogP contribution in [0.15, 0.2) is 34.8 Å². The van der Waals surface area contributed by atoms with Crippen molar-refractivity contribution in [2.45, 2.75) is 13.0 Å². The summed E-state index contributed by atoms with van der Waals surface area (Å²) in [7, 11) is 0. The minimum absolute atomic E-state index is 0.203. The fourth-order valence-corrected chi connectivity index (χ4v) is 2.94. The third-order valence-corrected chi connectivity index (χ3v) is 4.17. The number of halogens is 2. The fraction of sp³-hybridized carbons (Fsp3) is 0.231. The van der Waals surface area contributed by atoms with E-state index < -0.39 is 0 Å². The SMILES string of the molecule is Cc1ccc(C(CN)Oc2ccc(F)cc2Br)s1. The molecule has 1 aromatic heterocycles. The van der Waals surface area contributed by atoms with Crippen molar-refractivity contribution in [3.63, 3.8) is 0 Å². The average Bonchev–Trinajstić information content (AvgIpc) is 2.75. The van der Waals surface area contributed by atoms with Gasteiger partial charge in [-0.15, -0.1) is 11.3 Å². The monoisotopic (exact) mass is 329 g/mol. The lowest BCUT2D eigenvalue weighted by molar-refractivity contribution is 0.216. The van der Waals surface area contributed by atoms with Crippen molar-refractivity contribution in [2.24, 2.45) is 5.73 Å². The number of benzene rings is 1. The predicted molar refractivity (Wildman–Crippen MR) is 75.6 cm³/mol. The molecule has 2 aromatic rings. The molecule has 18 heavy (non-hydrogen) atoms. The number of hydrogen-bond donors (Lipinski definition) is 1. The Labute approximate surface area is 118 Å². The van der Waals surface area contributed by atoms with E-state index >= 15 is 0 Å². The number of hydrogen-bond acceptors (Lipinski definition) is 3. The number of rotatable bonds is 4. The number of aryl methyl sites for hydroxylation is 1. The zero-order valence-electron chi connectivity index (χ0n) is 9.82. The Morgan fingerprint density at radius 1 is 1.39 bits per heavy atom. The van der Waals surface area contributed by atoms with Gasteiger partial charge in [-0.25, -0.2) is 4.39 Å². The van der Waals surface area contributed by atoms with Gasteiger partial charge >= 0.3 is 0 Å². The first-order valence-electron chi connectivity index (χ1n) is 5.48. The second kappa shape index (κ2) is 5.82. The topological polar surface area (TPSA) is 35.2 Å². The molecule has 0 fully saturated rings. The van der Waals surface area contributed by atoms with Crippen molar-refractivity contribution in [1.82, 2.24) is 0 Å². The summed E-state index contributed by atoms with van der Waals surface area (Å²) in [4.78, 5) is 2.29. The van der Waals surface area contributed by atoms with Crippen LogP contribution in [0.4, 0.5) is 4.39 Å². The van der Waals surface area contributed by atoms with Gasteiger partial charge in [0.05, 0.1) is 4.47 Å². The van der Waals surface area contributed by atoms with Gasteiger partial charge in [-0.2, -0.15) is 0 Å². The van der Waals surface area contributed by atoms with E-state index in [0.29, 0.717) is 16.8 Å². The zero-order valence-corrected chi connectivity index (χ0v) is 12.2.